The summed E-state index contributed by atoms with van der Waals surface area (Å²) in [6.07, 6.45) is -0.0232. The van der Waals surface area contributed by atoms with Gasteiger partial charge in [-0.1, -0.05) is 15.9 Å². The Hall–Kier alpha value is -2.12. The first-order valence-electron chi connectivity index (χ1n) is 7.90. The van der Waals surface area contributed by atoms with Gasteiger partial charge in [0.2, 0.25) is 17.4 Å². The lowest BCUT2D eigenvalue weighted by Crippen LogP contribution is -2.27. The normalized spacial score (nSPS) is 16.0. The van der Waals surface area contributed by atoms with Crippen LogP contribution in [0.1, 0.15) is 33.0 Å². The fourth-order valence-electron chi connectivity index (χ4n) is 2.52. The molecule has 2 aromatic rings. The van der Waals surface area contributed by atoms with Gasteiger partial charge in [0.25, 0.3) is 0 Å². The Morgan fingerprint density at radius 3 is 2.76 bits per heavy atom. The summed E-state index contributed by atoms with van der Waals surface area (Å²) in [6, 6.07) is 5.60. The molecule has 0 saturated carbocycles. The fraction of sp³-hybridized carbons (Fsp3) is 0.333. The number of carbonyl (C=O) groups excluding carboxylic acids is 2. The van der Waals surface area contributed by atoms with E-state index in [1.165, 1.54) is 0 Å². The Labute approximate surface area is 154 Å². The predicted molar refractivity (Wildman–Crippen MR) is 98.5 cm³/mol. The van der Waals surface area contributed by atoms with Crippen molar-refractivity contribution in [2.75, 3.05) is 27.2 Å². The molecule has 0 saturated heterocycles. The number of ketones is 2. The van der Waals surface area contributed by atoms with Crippen LogP contribution in [-0.2, 0) is 0 Å². The number of nitrogens with zero attached hydrogens (tertiary/aromatic N) is 3. The number of Topliss-reactive ketones (excluding diaryl/α,β-unsaturated/α-hetero) is 2. The minimum Gasteiger partial charge on any atom is -0.432 e. The zero-order chi connectivity index (χ0) is 18.1. The predicted octanol–water partition coefficient (Wildman–Crippen LogP) is 3.18. The lowest BCUT2D eigenvalue weighted by Gasteiger charge is -2.10. The molecule has 0 spiro atoms. The van der Waals surface area contributed by atoms with Crippen LogP contribution in [0.2, 0.25) is 0 Å². The molecule has 1 aliphatic carbocycles. The second-order valence-corrected chi connectivity index (χ2v) is 7.08. The highest BCUT2D eigenvalue weighted by Crippen LogP contribution is 2.29. The van der Waals surface area contributed by atoms with E-state index < -0.39 is 0 Å². The summed E-state index contributed by atoms with van der Waals surface area (Å²) >= 11 is 3.44. The van der Waals surface area contributed by atoms with Crippen LogP contribution in [0, 0.1) is 6.92 Å². The van der Waals surface area contributed by atoms with Crippen LogP contribution in [-0.4, -0.2) is 54.3 Å². The zero-order valence-electron chi connectivity index (χ0n) is 14.3. The quantitative estimate of drug-likeness (QED) is 0.783. The van der Waals surface area contributed by atoms with E-state index in [1.807, 2.05) is 44.1 Å². The van der Waals surface area contributed by atoms with Crippen LogP contribution in [0.3, 0.4) is 0 Å². The average molecular weight is 404 g/mol. The number of likely N-dealkylation sites (N-methyl/N-ethyl adjacent to an activating group) is 1. The van der Waals surface area contributed by atoms with Crippen molar-refractivity contribution in [3.8, 4) is 11.5 Å². The molecule has 0 aliphatic heterocycles. The van der Waals surface area contributed by atoms with Crippen LogP contribution in [0.25, 0.3) is 11.5 Å². The lowest BCUT2D eigenvalue weighted by atomic mass is 9.97. The molecule has 0 amide bonds. The summed E-state index contributed by atoms with van der Waals surface area (Å²) in [5.74, 6) is -0.310. The van der Waals surface area contributed by atoms with Gasteiger partial charge in [0, 0.05) is 16.6 Å². The molecule has 1 aromatic carbocycles. The number of rotatable bonds is 4. The Kier molecular flexibility index (Phi) is 4.96. The SMILES string of the molecule is Cc1cc(-c2nc3c(o2)C(=O)C(=NCCN(C)C)CC3=O)ccc1Br. The number of aliphatic imine (C=N–C) groups is 1. The van der Waals surface area contributed by atoms with Gasteiger partial charge in [0.15, 0.2) is 11.5 Å². The Bertz CT molecular complexity index is 884. The highest BCUT2D eigenvalue weighted by Gasteiger charge is 2.35. The molecule has 0 unspecified atom stereocenters. The molecule has 0 atom stereocenters. The monoisotopic (exact) mass is 403 g/mol. The van der Waals surface area contributed by atoms with Crippen LogP contribution in [0.4, 0.5) is 0 Å². The van der Waals surface area contributed by atoms with Crippen molar-refractivity contribution >= 4 is 33.2 Å². The molecule has 0 bridgehead atoms. The smallest absolute Gasteiger partial charge is 0.244 e. The minimum atomic E-state index is -0.346. The molecule has 1 aromatic heterocycles. The molecular weight excluding hydrogens is 386 g/mol. The summed E-state index contributed by atoms with van der Waals surface area (Å²) < 4.78 is 6.61. The maximum absolute atomic E-state index is 12.6. The molecule has 0 N–H and O–H groups in total. The van der Waals surface area contributed by atoms with Gasteiger partial charge in [0.05, 0.1) is 18.7 Å². The number of oxazole rings is 1. The van der Waals surface area contributed by atoms with Crippen molar-refractivity contribution in [3.63, 3.8) is 0 Å². The van der Waals surface area contributed by atoms with Crippen molar-refractivity contribution in [1.29, 1.82) is 0 Å². The van der Waals surface area contributed by atoms with E-state index in [0.29, 0.717) is 13.1 Å². The standard InChI is InChI=1S/C18H18BrN3O3/c1-10-8-11(4-5-12(10)19)18-21-15-14(23)9-13(16(24)17(15)25-18)20-6-7-22(2)3/h4-5,8H,6-7,9H2,1-3H3. The summed E-state index contributed by atoms with van der Waals surface area (Å²) in [7, 11) is 3.85. The van der Waals surface area contributed by atoms with Gasteiger partial charge in [-0.2, -0.15) is 0 Å². The molecule has 25 heavy (non-hydrogen) atoms. The third kappa shape index (κ3) is 3.62. The summed E-state index contributed by atoms with van der Waals surface area (Å²) in [5.41, 5.74) is 2.08. The molecule has 6 nitrogen and oxygen atoms in total. The van der Waals surface area contributed by atoms with Crippen molar-refractivity contribution in [2.24, 2.45) is 4.99 Å². The van der Waals surface area contributed by atoms with Gasteiger partial charge in [0.1, 0.15) is 0 Å². The zero-order valence-corrected chi connectivity index (χ0v) is 15.9. The molecular formula is C18H18BrN3O3. The van der Waals surface area contributed by atoms with Crippen LogP contribution < -0.4 is 0 Å². The first-order valence-corrected chi connectivity index (χ1v) is 8.69. The number of aromatic nitrogens is 1. The molecule has 1 heterocycles. The van der Waals surface area contributed by atoms with Gasteiger partial charge in [-0.15, -0.1) is 0 Å². The van der Waals surface area contributed by atoms with Crippen molar-refractivity contribution < 1.29 is 14.0 Å². The van der Waals surface area contributed by atoms with Crippen molar-refractivity contribution in [3.05, 3.63) is 39.7 Å². The summed E-state index contributed by atoms with van der Waals surface area (Å²) in [4.78, 5) is 35.4. The number of benzene rings is 1. The van der Waals surface area contributed by atoms with Crippen LogP contribution in [0.5, 0.6) is 0 Å². The van der Waals surface area contributed by atoms with Gasteiger partial charge in [-0.3, -0.25) is 14.6 Å². The van der Waals surface area contributed by atoms with E-state index in [0.717, 1.165) is 15.6 Å². The topological polar surface area (TPSA) is 75.8 Å². The Balaban J connectivity index is 1.93. The van der Waals surface area contributed by atoms with Crippen molar-refractivity contribution in [2.45, 2.75) is 13.3 Å². The molecule has 0 fully saturated rings. The van der Waals surface area contributed by atoms with Crippen molar-refractivity contribution in [1.82, 2.24) is 9.88 Å². The first kappa shape index (κ1) is 17.7. The Morgan fingerprint density at radius 1 is 1.32 bits per heavy atom. The highest BCUT2D eigenvalue weighted by molar-refractivity contribution is 9.10. The fourth-order valence-corrected chi connectivity index (χ4v) is 2.77. The average Bonchev–Trinajstić information content (AvgIpc) is 3.00. The van der Waals surface area contributed by atoms with E-state index in [2.05, 4.69) is 25.9 Å². The largest absolute Gasteiger partial charge is 0.432 e. The summed E-state index contributed by atoms with van der Waals surface area (Å²) in [5, 5.41) is 0. The maximum atomic E-state index is 12.6. The van der Waals surface area contributed by atoms with Crippen LogP contribution in [0.15, 0.2) is 32.1 Å². The second-order valence-electron chi connectivity index (χ2n) is 6.22. The van der Waals surface area contributed by atoms with Crippen LogP contribution >= 0.6 is 15.9 Å². The summed E-state index contributed by atoms with van der Waals surface area (Å²) in [6.45, 7) is 3.11. The number of carbonyl (C=O) groups is 2. The third-order valence-corrected chi connectivity index (χ3v) is 4.83. The van der Waals surface area contributed by atoms with E-state index in [1.54, 1.807) is 0 Å². The minimum absolute atomic E-state index is 0.00424. The molecule has 0 radical (unpaired) electrons. The number of fused-ring (bicyclic) bond motifs is 1. The number of hydrogen-bond donors (Lipinski definition) is 0. The second kappa shape index (κ2) is 7.01. The number of halogens is 1. The third-order valence-electron chi connectivity index (χ3n) is 3.94. The van der Waals surface area contributed by atoms with Gasteiger partial charge >= 0.3 is 0 Å². The van der Waals surface area contributed by atoms with Gasteiger partial charge in [-0.05, 0) is 44.8 Å². The van der Waals surface area contributed by atoms with Gasteiger partial charge < -0.3 is 9.32 Å². The lowest BCUT2D eigenvalue weighted by molar-refractivity contribution is 0.0949. The van der Waals surface area contributed by atoms with E-state index in [9.17, 15) is 9.59 Å². The van der Waals surface area contributed by atoms with E-state index in [-0.39, 0.29) is 41.0 Å². The van der Waals surface area contributed by atoms with Gasteiger partial charge in [-0.25, -0.2) is 4.98 Å². The number of aryl methyl sites for hydroxylation is 1. The first-order chi connectivity index (χ1) is 11.9. The van der Waals surface area contributed by atoms with E-state index in [4.69, 9.17) is 4.42 Å². The number of hydrogen-bond acceptors (Lipinski definition) is 6. The Morgan fingerprint density at radius 2 is 2.08 bits per heavy atom. The molecule has 7 heteroatoms. The highest BCUT2D eigenvalue weighted by atomic mass is 79.9. The maximum Gasteiger partial charge on any atom is 0.244 e. The molecule has 3 rings (SSSR count). The molecule has 1 aliphatic rings. The molecule has 130 valence electrons. The van der Waals surface area contributed by atoms with E-state index >= 15 is 0 Å².